The van der Waals surface area contributed by atoms with Crippen molar-refractivity contribution < 1.29 is 14.0 Å². The highest BCUT2D eigenvalue weighted by Crippen LogP contribution is 2.28. The summed E-state index contributed by atoms with van der Waals surface area (Å²) in [5.41, 5.74) is 1.31. The molecule has 0 aromatic rings. The van der Waals surface area contributed by atoms with Gasteiger partial charge in [0.25, 0.3) is 0 Å². The average Bonchev–Trinajstić information content (AvgIpc) is 2.14. The Bertz CT molecular complexity index is 291. The van der Waals surface area contributed by atoms with Crippen LogP contribution in [0.1, 0.15) is 19.8 Å². The van der Waals surface area contributed by atoms with Crippen molar-refractivity contribution in [3.05, 3.63) is 11.6 Å². The van der Waals surface area contributed by atoms with Crippen molar-refractivity contribution in [2.24, 2.45) is 5.92 Å². The first kappa shape index (κ1) is 13.5. The summed E-state index contributed by atoms with van der Waals surface area (Å²) in [5, 5.41) is 0. The quantitative estimate of drug-likeness (QED) is 0.434. The second-order valence-corrected chi connectivity index (χ2v) is 9.84. The molecule has 0 aliphatic heterocycles. The van der Waals surface area contributed by atoms with E-state index < -0.39 is 8.32 Å². The molecule has 1 aliphatic carbocycles. The lowest BCUT2D eigenvalue weighted by molar-refractivity contribution is -0.148. The molecule has 0 saturated carbocycles. The molecular weight excluding hydrogens is 220 g/mol. The Morgan fingerprint density at radius 1 is 1.44 bits per heavy atom. The molecule has 1 aliphatic rings. The molecule has 3 nitrogen and oxygen atoms in total. The van der Waals surface area contributed by atoms with Crippen LogP contribution in [0, 0.1) is 5.92 Å². The maximum atomic E-state index is 11.7. The van der Waals surface area contributed by atoms with Gasteiger partial charge in [-0.05, 0) is 39.4 Å². The molecule has 92 valence electrons. The van der Waals surface area contributed by atoms with Gasteiger partial charge >= 0.3 is 5.97 Å². The third kappa shape index (κ3) is 3.76. The number of methoxy groups -OCH3 is 1. The maximum Gasteiger partial charge on any atom is 0.311 e. The van der Waals surface area contributed by atoms with E-state index in [4.69, 9.17) is 9.16 Å². The number of rotatable bonds is 3. The summed E-state index contributed by atoms with van der Waals surface area (Å²) in [5.74, 6) is -0.271. The molecule has 2 atom stereocenters. The zero-order valence-corrected chi connectivity index (χ0v) is 11.9. The van der Waals surface area contributed by atoms with E-state index in [-0.39, 0.29) is 18.0 Å². The zero-order chi connectivity index (χ0) is 12.3. The third-order valence-corrected chi connectivity index (χ3v) is 3.67. The molecule has 4 heteroatoms. The van der Waals surface area contributed by atoms with Crippen LogP contribution in [-0.2, 0) is 14.0 Å². The fourth-order valence-electron chi connectivity index (χ4n) is 1.96. The second kappa shape index (κ2) is 5.14. The lowest BCUT2D eigenvalue weighted by atomic mass is 9.88. The molecule has 0 radical (unpaired) electrons. The highest BCUT2D eigenvalue weighted by atomic mass is 28.4. The monoisotopic (exact) mass is 242 g/mol. The Hall–Kier alpha value is -0.613. The molecule has 0 saturated heterocycles. The lowest BCUT2D eigenvalue weighted by Crippen LogP contribution is -2.40. The van der Waals surface area contributed by atoms with E-state index in [1.165, 1.54) is 12.7 Å². The summed E-state index contributed by atoms with van der Waals surface area (Å²) in [4.78, 5) is 11.7. The van der Waals surface area contributed by atoms with Crippen LogP contribution in [0.2, 0.25) is 19.6 Å². The number of hydrogen-bond donors (Lipinski definition) is 0. The molecule has 1 rings (SSSR count). The number of hydrogen-bond acceptors (Lipinski definition) is 3. The second-order valence-electron chi connectivity index (χ2n) is 5.38. The molecular formula is C12H22O3Si. The molecule has 0 aromatic carbocycles. The van der Waals surface area contributed by atoms with Crippen molar-refractivity contribution in [3.8, 4) is 0 Å². The van der Waals surface area contributed by atoms with Crippen molar-refractivity contribution in [1.82, 2.24) is 0 Å². The summed E-state index contributed by atoms with van der Waals surface area (Å²) >= 11 is 0. The number of carbonyl (C=O) groups excluding carboxylic acids is 1. The smallest absolute Gasteiger partial charge is 0.311 e. The van der Waals surface area contributed by atoms with Crippen molar-refractivity contribution >= 4 is 14.3 Å². The van der Waals surface area contributed by atoms with Gasteiger partial charge in [-0.3, -0.25) is 4.79 Å². The van der Waals surface area contributed by atoms with E-state index >= 15 is 0 Å². The number of esters is 1. The Kier molecular flexibility index (Phi) is 4.33. The first-order valence-electron chi connectivity index (χ1n) is 5.76. The van der Waals surface area contributed by atoms with Gasteiger partial charge in [-0.1, -0.05) is 11.6 Å². The van der Waals surface area contributed by atoms with Gasteiger partial charge in [0, 0.05) is 0 Å². The highest BCUT2D eigenvalue weighted by Gasteiger charge is 2.34. The lowest BCUT2D eigenvalue weighted by Gasteiger charge is -2.32. The molecule has 0 fully saturated rings. The third-order valence-electron chi connectivity index (χ3n) is 2.69. The SMILES string of the molecule is COC(=O)[C@@H]1CCC(C)=C[C@@H]1O[Si](C)(C)C. The fraction of sp³-hybridized carbons (Fsp3) is 0.750. The molecule has 0 unspecified atom stereocenters. The van der Waals surface area contributed by atoms with E-state index in [0.29, 0.717) is 0 Å². The predicted octanol–water partition coefficient (Wildman–Crippen LogP) is 2.74. The Labute approximate surface area is 99.0 Å². The van der Waals surface area contributed by atoms with E-state index in [1.807, 2.05) is 0 Å². The van der Waals surface area contributed by atoms with Gasteiger partial charge in [0.05, 0.1) is 19.1 Å². The predicted molar refractivity (Wildman–Crippen MR) is 66.7 cm³/mol. The minimum Gasteiger partial charge on any atom is -0.469 e. The van der Waals surface area contributed by atoms with Gasteiger partial charge in [-0.2, -0.15) is 0 Å². The molecule has 0 amide bonds. The van der Waals surface area contributed by atoms with Crippen molar-refractivity contribution in [1.29, 1.82) is 0 Å². The molecule has 0 N–H and O–H groups in total. The van der Waals surface area contributed by atoms with Crippen LogP contribution in [0.3, 0.4) is 0 Å². The van der Waals surface area contributed by atoms with Gasteiger partial charge in [-0.15, -0.1) is 0 Å². The van der Waals surface area contributed by atoms with Gasteiger partial charge < -0.3 is 9.16 Å². The first-order chi connectivity index (χ1) is 7.33. The van der Waals surface area contributed by atoms with Crippen molar-refractivity contribution in [2.75, 3.05) is 7.11 Å². The van der Waals surface area contributed by atoms with Crippen molar-refractivity contribution in [2.45, 2.75) is 45.5 Å². The Balaban J connectivity index is 2.80. The summed E-state index contributed by atoms with van der Waals surface area (Å²) in [6.45, 7) is 8.51. The number of carbonyl (C=O) groups is 1. The summed E-state index contributed by atoms with van der Waals surface area (Å²) in [7, 11) is -0.183. The minimum absolute atomic E-state index is 0.0899. The standard InChI is InChI=1S/C12H22O3Si/c1-9-6-7-10(12(13)14-2)11(8-9)15-16(3,4)5/h8,10-11H,6-7H2,1-5H3/t10-,11+/m1/s1. The molecule has 0 bridgehead atoms. The largest absolute Gasteiger partial charge is 0.469 e. The van der Waals surface area contributed by atoms with Gasteiger partial charge in [0.15, 0.2) is 8.32 Å². The van der Waals surface area contributed by atoms with Gasteiger partial charge in [-0.25, -0.2) is 0 Å². The van der Waals surface area contributed by atoms with E-state index in [9.17, 15) is 4.79 Å². The van der Waals surface area contributed by atoms with Crippen LogP contribution in [-0.4, -0.2) is 27.5 Å². The maximum absolute atomic E-state index is 11.7. The van der Waals surface area contributed by atoms with Crippen LogP contribution in [0.15, 0.2) is 11.6 Å². The van der Waals surface area contributed by atoms with Crippen LogP contribution in [0.4, 0.5) is 0 Å². The van der Waals surface area contributed by atoms with E-state index in [1.54, 1.807) is 0 Å². The summed E-state index contributed by atoms with van der Waals surface area (Å²) < 4.78 is 10.9. The van der Waals surface area contributed by atoms with E-state index in [2.05, 4.69) is 32.6 Å². The minimum atomic E-state index is -1.63. The molecule has 0 aromatic heterocycles. The fourth-order valence-corrected chi connectivity index (χ4v) is 3.00. The highest BCUT2D eigenvalue weighted by molar-refractivity contribution is 6.69. The van der Waals surface area contributed by atoms with Gasteiger partial charge in [0.2, 0.25) is 0 Å². The van der Waals surface area contributed by atoms with E-state index in [0.717, 1.165) is 12.8 Å². The summed E-state index contributed by atoms with van der Waals surface area (Å²) in [6.07, 6.45) is 3.80. The first-order valence-corrected chi connectivity index (χ1v) is 9.17. The topological polar surface area (TPSA) is 35.5 Å². The number of ether oxygens (including phenoxy) is 1. The molecule has 0 spiro atoms. The van der Waals surface area contributed by atoms with Crippen LogP contribution in [0.5, 0.6) is 0 Å². The normalized spacial score (nSPS) is 26.2. The molecule has 16 heavy (non-hydrogen) atoms. The molecule has 0 heterocycles. The Morgan fingerprint density at radius 2 is 2.06 bits per heavy atom. The van der Waals surface area contributed by atoms with Gasteiger partial charge in [0.1, 0.15) is 0 Å². The zero-order valence-electron chi connectivity index (χ0n) is 10.9. The van der Waals surface area contributed by atoms with Crippen LogP contribution < -0.4 is 0 Å². The van der Waals surface area contributed by atoms with Crippen molar-refractivity contribution in [3.63, 3.8) is 0 Å². The Morgan fingerprint density at radius 3 is 2.56 bits per heavy atom. The number of allylic oxidation sites excluding steroid dienone is 1. The van der Waals surface area contributed by atoms with Crippen LogP contribution >= 0.6 is 0 Å². The average molecular weight is 242 g/mol. The van der Waals surface area contributed by atoms with Crippen LogP contribution in [0.25, 0.3) is 0 Å². The summed E-state index contributed by atoms with van der Waals surface area (Å²) in [6, 6.07) is 0.